The van der Waals surface area contributed by atoms with Crippen LogP contribution in [-0.2, 0) is 14.8 Å². The first kappa shape index (κ1) is 23.2. The molecule has 0 aliphatic carbocycles. The van der Waals surface area contributed by atoms with E-state index in [1.165, 1.54) is 35.5 Å². The number of rotatable bonds is 8. The quantitative estimate of drug-likeness (QED) is 0.624. The largest absolute Gasteiger partial charge is 0.468 e. The summed E-state index contributed by atoms with van der Waals surface area (Å²) in [6, 6.07) is 9.59. The van der Waals surface area contributed by atoms with Gasteiger partial charge in [0, 0.05) is 31.1 Å². The highest BCUT2D eigenvalue weighted by atomic mass is 32.2. The van der Waals surface area contributed by atoms with E-state index in [0.29, 0.717) is 24.9 Å². The molecule has 1 aliphatic heterocycles. The highest BCUT2D eigenvalue weighted by Gasteiger charge is 2.32. The number of sulfonamides is 1. The van der Waals surface area contributed by atoms with Gasteiger partial charge in [-0.15, -0.1) is 0 Å². The maximum atomic E-state index is 12.9. The topological polar surface area (TPSA) is 99.9 Å². The summed E-state index contributed by atoms with van der Waals surface area (Å²) in [5.74, 6) is 0.369. The fraction of sp³-hybridized carbons (Fsp3) is 0.455. The summed E-state index contributed by atoms with van der Waals surface area (Å²) < 4.78 is 32.7. The van der Waals surface area contributed by atoms with Crippen molar-refractivity contribution in [2.45, 2.75) is 30.7 Å². The van der Waals surface area contributed by atoms with Crippen LogP contribution in [0.5, 0.6) is 0 Å². The van der Waals surface area contributed by atoms with Crippen LogP contribution in [0.1, 0.15) is 41.9 Å². The number of hydrogen-bond donors (Lipinski definition) is 1. The van der Waals surface area contributed by atoms with Gasteiger partial charge in [-0.1, -0.05) is 12.1 Å². The van der Waals surface area contributed by atoms with Gasteiger partial charge in [0.2, 0.25) is 15.9 Å². The van der Waals surface area contributed by atoms with Crippen molar-refractivity contribution in [2.24, 2.45) is 5.92 Å². The van der Waals surface area contributed by atoms with Crippen molar-refractivity contribution in [2.75, 3.05) is 33.7 Å². The monoisotopic (exact) mass is 447 g/mol. The number of ketones is 1. The highest BCUT2D eigenvalue weighted by molar-refractivity contribution is 7.89. The van der Waals surface area contributed by atoms with E-state index in [1.54, 1.807) is 6.26 Å². The van der Waals surface area contributed by atoms with E-state index in [4.69, 9.17) is 4.42 Å². The van der Waals surface area contributed by atoms with E-state index in [1.807, 2.05) is 31.1 Å². The number of amides is 1. The minimum atomic E-state index is -3.65. The Hall–Kier alpha value is -2.49. The van der Waals surface area contributed by atoms with Gasteiger partial charge < -0.3 is 9.73 Å². The fourth-order valence-corrected chi connectivity index (χ4v) is 5.20. The predicted molar refractivity (Wildman–Crippen MR) is 116 cm³/mol. The summed E-state index contributed by atoms with van der Waals surface area (Å²) in [5, 5.41) is 2.98. The van der Waals surface area contributed by atoms with Crippen molar-refractivity contribution in [3.05, 3.63) is 54.0 Å². The lowest BCUT2D eigenvalue weighted by Gasteiger charge is -2.31. The van der Waals surface area contributed by atoms with Crippen LogP contribution in [-0.4, -0.2) is 63.0 Å². The SMILES string of the molecule is CC(=O)c1ccc(S(=O)(=O)N2CCC(C(=O)NCC(c3ccco3)N(C)C)CC2)cc1. The number of carbonyl (C=O) groups is 2. The van der Waals surface area contributed by atoms with Crippen LogP contribution in [0, 0.1) is 5.92 Å². The molecule has 1 saturated heterocycles. The molecule has 0 saturated carbocycles. The zero-order valence-corrected chi connectivity index (χ0v) is 18.9. The first-order chi connectivity index (χ1) is 14.7. The summed E-state index contributed by atoms with van der Waals surface area (Å²) in [4.78, 5) is 26.2. The van der Waals surface area contributed by atoms with E-state index in [2.05, 4.69) is 5.32 Å². The number of carbonyl (C=O) groups excluding carboxylic acids is 2. The molecule has 1 unspecified atom stereocenters. The Balaban J connectivity index is 1.55. The first-order valence-electron chi connectivity index (χ1n) is 10.3. The second kappa shape index (κ2) is 9.76. The molecule has 1 aromatic carbocycles. The van der Waals surface area contributed by atoms with E-state index >= 15 is 0 Å². The Morgan fingerprint density at radius 1 is 1.16 bits per heavy atom. The third-order valence-corrected chi connectivity index (χ3v) is 7.60. The Morgan fingerprint density at radius 3 is 2.32 bits per heavy atom. The van der Waals surface area contributed by atoms with Crippen LogP contribution in [0.25, 0.3) is 0 Å². The molecule has 1 aliphatic rings. The molecule has 0 bridgehead atoms. The number of likely N-dealkylation sites (N-methyl/N-ethyl adjacent to an activating group) is 1. The molecule has 0 spiro atoms. The van der Waals surface area contributed by atoms with E-state index < -0.39 is 10.0 Å². The second-order valence-electron chi connectivity index (χ2n) is 8.00. The number of hydrogen-bond acceptors (Lipinski definition) is 6. The smallest absolute Gasteiger partial charge is 0.243 e. The molecule has 1 fully saturated rings. The van der Waals surface area contributed by atoms with Crippen LogP contribution in [0.3, 0.4) is 0 Å². The molecule has 0 radical (unpaired) electrons. The number of nitrogens with one attached hydrogen (secondary N) is 1. The van der Waals surface area contributed by atoms with Crippen molar-refractivity contribution in [3.63, 3.8) is 0 Å². The lowest BCUT2D eigenvalue weighted by atomic mass is 9.97. The molecule has 8 nitrogen and oxygen atoms in total. The molecular formula is C22H29N3O5S. The number of benzene rings is 1. The summed E-state index contributed by atoms with van der Waals surface area (Å²) in [6.45, 7) is 2.42. The number of furan rings is 1. The summed E-state index contributed by atoms with van der Waals surface area (Å²) in [6.07, 6.45) is 2.53. The van der Waals surface area contributed by atoms with Gasteiger partial charge in [-0.2, -0.15) is 4.31 Å². The number of piperidine rings is 1. The van der Waals surface area contributed by atoms with Crippen molar-refractivity contribution in [1.29, 1.82) is 0 Å². The van der Waals surface area contributed by atoms with Gasteiger partial charge in [0.15, 0.2) is 5.78 Å². The molecule has 1 N–H and O–H groups in total. The van der Waals surface area contributed by atoms with Gasteiger partial charge in [-0.05, 0) is 58.1 Å². The van der Waals surface area contributed by atoms with E-state index in [-0.39, 0.29) is 41.6 Å². The molecule has 1 atom stereocenters. The molecule has 2 heterocycles. The van der Waals surface area contributed by atoms with Crippen LogP contribution in [0.4, 0.5) is 0 Å². The van der Waals surface area contributed by atoms with E-state index in [9.17, 15) is 18.0 Å². The normalized spacial score (nSPS) is 16.9. The van der Waals surface area contributed by atoms with Crippen LogP contribution in [0.15, 0.2) is 52.0 Å². The zero-order chi connectivity index (χ0) is 22.6. The summed E-state index contributed by atoms with van der Waals surface area (Å²) in [7, 11) is 0.196. The van der Waals surface area contributed by atoms with Crippen LogP contribution in [0.2, 0.25) is 0 Å². The average Bonchev–Trinajstić information content (AvgIpc) is 3.28. The Morgan fingerprint density at radius 2 is 1.81 bits per heavy atom. The molecule has 3 rings (SSSR count). The molecule has 9 heteroatoms. The minimum Gasteiger partial charge on any atom is -0.468 e. The van der Waals surface area contributed by atoms with Crippen molar-refractivity contribution >= 4 is 21.7 Å². The van der Waals surface area contributed by atoms with Gasteiger partial charge in [-0.3, -0.25) is 14.5 Å². The van der Waals surface area contributed by atoms with Gasteiger partial charge in [0.25, 0.3) is 0 Å². The third kappa shape index (κ3) is 5.41. The maximum Gasteiger partial charge on any atom is 0.243 e. The zero-order valence-electron chi connectivity index (χ0n) is 18.1. The lowest BCUT2D eigenvalue weighted by molar-refractivity contribution is -0.126. The van der Waals surface area contributed by atoms with Gasteiger partial charge in [0.1, 0.15) is 5.76 Å². The minimum absolute atomic E-state index is 0.0683. The van der Waals surface area contributed by atoms with Gasteiger partial charge in [0.05, 0.1) is 17.2 Å². The summed E-state index contributed by atoms with van der Waals surface area (Å²) >= 11 is 0. The Bertz CT molecular complexity index is 992. The van der Waals surface area contributed by atoms with Crippen LogP contribution < -0.4 is 5.32 Å². The van der Waals surface area contributed by atoms with Crippen molar-refractivity contribution in [1.82, 2.24) is 14.5 Å². The third-order valence-electron chi connectivity index (χ3n) is 5.69. The molecular weight excluding hydrogens is 418 g/mol. The standard InChI is InChI=1S/C22H29N3O5S/c1-16(26)17-6-8-19(9-7-17)31(28,29)25-12-10-18(11-13-25)22(27)23-15-20(24(2)3)21-5-4-14-30-21/h4-9,14,18,20H,10-13,15H2,1-3H3,(H,23,27). The van der Waals surface area contributed by atoms with E-state index in [0.717, 1.165) is 5.76 Å². The summed E-state index contributed by atoms with van der Waals surface area (Å²) in [5.41, 5.74) is 0.472. The molecule has 2 aromatic rings. The maximum absolute atomic E-state index is 12.9. The van der Waals surface area contributed by atoms with Gasteiger partial charge in [-0.25, -0.2) is 8.42 Å². The molecule has 1 aromatic heterocycles. The van der Waals surface area contributed by atoms with Crippen LogP contribution >= 0.6 is 0 Å². The Labute approximate surface area is 183 Å². The average molecular weight is 448 g/mol. The Kier molecular flexibility index (Phi) is 7.30. The predicted octanol–water partition coefficient (Wildman–Crippen LogP) is 2.30. The molecule has 1 amide bonds. The second-order valence-corrected chi connectivity index (χ2v) is 9.94. The number of nitrogens with zero attached hydrogens (tertiary/aromatic N) is 2. The van der Waals surface area contributed by atoms with Crippen molar-refractivity contribution < 1.29 is 22.4 Å². The van der Waals surface area contributed by atoms with Crippen molar-refractivity contribution in [3.8, 4) is 0 Å². The molecule has 31 heavy (non-hydrogen) atoms. The first-order valence-corrected chi connectivity index (χ1v) is 11.7. The molecule has 168 valence electrons. The fourth-order valence-electron chi connectivity index (χ4n) is 3.73. The highest BCUT2D eigenvalue weighted by Crippen LogP contribution is 2.25. The number of Topliss-reactive ketones (excluding diaryl/α,β-unsaturated/α-hetero) is 1. The lowest BCUT2D eigenvalue weighted by Crippen LogP contribution is -2.44. The van der Waals surface area contributed by atoms with Gasteiger partial charge >= 0.3 is 0 Å².